The van der Waals surface area contributed by atoms with Crippen LogP contribution in [0.5, 0.6) is 5.75 Å². The molecule has 9 heteroatoms. The summed E-state index contributed by atoms with van der Waals surface area (Å²) in [7, 11) is 2.16. The Bertz CT molecular complexity index is 1320. The molecule has 1 unspecified atom stereocenters. The lowest BCUT2D eigenvalue weighted by Crippen LogP contribution is -2.40. The van der Waals surface area contributed by atoms with Gasteiger partial charge in [0, 0.05) is 23.7 Å². The Kier molecular flexibility index (Phi) is 8.24. The number of hydroxylamine groups is 1. The molecule has 202 valence electrons. The number of nitrogens with one attached hydrogen (secondary N) is 1. The van der Waals surface area contributed by atoms with Gasteiger partial charge >= 0.3 is 0 Å². The summed E-state index contributed by atoms with van der Waals surface area (Å²) >= 11 is 0. The van der Waals surface area contributed by atoms with E-state index in [9.17, 15) is 10.1 Å². The minimum atomic E-state index is -0.679. The minimum absolute atomic E-state index is 0.342. The maximum Gasteiger partial charge on any atom is 0.283 e. The number of benzene rings is 1. The Labute approximate surface area is 224 Å². The Morgan fingerprint density at radius 3 is 2.61 bits per heavy atom. The van der Waals surface area contributed by atoms with Crippen LogP contribution in [0.2, 0.25) is 0 Å². The molecule has 1 aromatic carbocycles. The van der Waals surface area contributed by atoms with Gasteiger partial charge in [0.05, 0.1) is 29.6 Å². The molecule has 1 aliphatic heterocycles. The number of pyridine rings is 1. The topological polar surface area (TPSA) is 95.1 Å². The first-order valence-corrected chi connectivity index (χ1v) is 13.3. The van der Waals surface area contributed by atoms with E-state index in [1.807, 2.05) is 34.6 Å². The van der Waals surface area contributed by atoms with E-state index < -0.39 is 5.60 Å². The van der Waals surface area contributed by atoms with Crippen molar-refractivity contribution >= 4 is 22.9 Å². The summed E-state index contributed by atoms with van der Waals surface area (Å²) < 4.78 is 7.16. The summed E-state index contributed by atoms with van der Waals surface area (Å²) in [6.45, 7) is 11.9. The maximum atomic E-state index is 13.9. The zero-order chi connectivity index (χ0) is 27.4. The van der Waals surface area contributed by atoms with Gasteiger partial charge in [0.1, 0.15) is 17.4 Å². The van der Waals surface area contributed by atoms with E-state index in [4.69, 9.17) is 9.57 Å². The number of anilines is 2. The number of likely N-dealkylation sites (tertiary alicyclic amines) is 1. The number of rotatable bonds is 9. The van der Waals surface area contributed by atoms with Gasteiger partial charge in [-0.2, -0.15) is 15.4 Å². The van der Waals surface area contributed by atoms with Crippen LogP contribution in [0, 0.1) is 18.3 Å². The Morgan fingerprint density at radius 1 is 1.26 bits per heavy atom. The monoisotopic (exact) mass is 518 g/mol. The summed E-state index contributed by atoms with van der Waals surface area (Å²) in [5, 5.41) is 19.4. The van der Waals surface area contributed by atoms with Crippen molar-refractivity contribution in [2.75, 3.05) is 37.1 Å². The predicted molar refractivity (Wildman–Crippen MR) is 149 cm³/mol. The van der Waals surface area contributed by atoms with Crippen molar-refractivity contribution in [3.8, 4) is 11.8 Å². The largest absolute Gasteiger partial charge is 0.494 e. The van der Waals surface area contributed by atoms with Gasteiger partial charge in [-0.15, -0.1) is 0 Å². The van der Waals surface area contributed by atoms with Crippen LogP contribution < -0.4 is 15.1 Å². The fraction of sp³-hybridized carbons (Fsp3) is 0.483. The average Bonchev–Trinajstić information content (AvgIpc) is 3.52. The standard InChI is InChI=1S/C29H38N6O3/c1-7-37-23-12-10-21(11-13-23)28(36)35(38-29(3,4)5)27-20(2)26(24(19-30)25-15-17-32-34(25)27)31-16-14-22-9-8-18-33(22)6/h10-13,15,17,22,31H,7-9,14,16,18H2,1-6H3. The molecular formula is C29H38N6O3. The minimum Gasteiger partial charge on any atom is -0.494 e. The first-order chi connectivity index (χ1) is 18.1. The molecule has 3 aromatic rings. The summed E-state index contributed by atoms with van der Waals surface area (Å²) in [4.78, 5) is 22.6. The highest BCUT2D eigenvalue weighted by atomic mass is 16.7. The highest BCUT2D eigenvalue weighted by molar-refractivity contribution is 6.05. The van der Waals surface area contributed by atoms with E-state index in [2.05, 4.69) is 28.4 Å². The molecule has 3 heterocycles. The highest BCUT2D eigenvalue weighted by Gasteiger charge is 2.31. The number of amides is 1. The molecule has 0 spiro atoms. The third-order valence-corrected chi connectivity index (χ3v) is 6.78. The molecule has 1 fully saturated rings. The number of carbonyl (C=O) groups excluding carboxylic acids is 1. The number of nitriles is 1. The maximum absolute atomic E-state index is 13.9. The van der Waals surface area contributed by atoms with Crippen LogP contribution >= 0.6 is 0 Å². The number of aromatic nitrogens is 2. The van der Waals surface area contributed by atoms with Gasteiger partial charge in [-0.25, -0.2) is 4.52 Å². The molecule has 1 atom stereocenters. The van der Waals surface area contributed by atoms with Crippen molar-refractivity contribution in [3.63, 3.8) is 0 Å². The number of hydrogen-bond donors (Lipinski definition) is 1. The average molecular weight is 519 g/mol. The SMILES string of the molecule is CCOc1ccc(C(=O)N(OC(C)(C)C)c2c(C)c(NCCC3CCCN3C)c(C#N)c3ccnn23)cc1. The molecule has 0 bridgehead atoms. The van der Waals surface area contributed by atoms with E-state index >= 15 is 0 Å². The fourth-order valence-electron chi connectivity index (χ4n) is 4.96. The van der Waals surface area contributed by atoms with Crippen molar-refractivity contribution in [3.05, 3.63) is 53.2 Å². The fourth-order valence-corrected chi connectivity index (χ4v) is 4.96. The second kappa shape index (κ2) is 11.4. The van der Waals surface area contributed by atoms with Crippen LogP contribution in [-0.4, -0.2) is 58.8 Å². The van der Waals surface area contributed by atoms with Crippen LogP contribution in [0.1, 0.15) is 68.4 Å². The smallest absolute Gasteiger partial charge is 0.283 e. The number of nitrogens with zero attached hydrogens (tertiary/aromatic N) is 5. The molecule has 1 amide bonds. The first-order valence-electron chi connectivity index (χ1n) is 13.3. The normalized spacial score (nSPS) is 16.0. The second-order valence-electron chi connectivity index (χ2n) is 10.7. The Hall–Kier alpha value is -3.61. The lowest BCUT2D eigenvalue weighted by atomic mass is 10.1. The Balaban J connectivity index is 1.77. The van der Waals surface area contributed by atoms with Gasteiger partial charge in [0.2, 0.25) is 0 Å². The summed E-state index contributed by atoms with van der Waals surface area (Å²) in [5.74, 6) is 0.806. The van der Waals surface area contributed by atoms with E-state index in [-0.39, 0.29) is 5.91 Å². The van der Waals surface area contributed by atoms with Gasteiger partial charge < -0.3 is 15.0 Å². The first kappa shape index (κ1) is 27.4. The predicted octanol–water partition coefficient (Wildman–Crippen LogP) is 5.19. The van der Waals surface area contributed by atoms with Crippen molar-refractivity contribution in [2.24, 2.45) is 0 Å². The number of carbonyl (C=O) groups is 1. The van der Waals surface area contributed by atoms with Gasteiger partial charge in [-0.05, 0) is 97.8 Å². The van der Waals surface area contributed by atoms with Crippen LogP contribution in [0.3, 0.4) is 0 Å². The summed E-state index contributed by atoms with van der Waals surface area (Å²) in [6.07, 6.45) is 4.99. The quantitative estimate of drug-likeness (QED) is 0.390. The zero-order valence-electron chi connectivity index (χ0n) is 23.2. The van der Waals surface area contributed by atoms with E-state index in [0.717, 1.165) is 13.0 Å². The summed E-state index contributed by atoms with van der Waals surface area (Å²) in [6, 6.07) is 11.7. The number of fused-ring (bicyclic) bond motifs is 1. The van der Waals surface area contributed by atoms with Crippen LogP contribution in [0.15, 0.2) is 36.5 Å². The lowest BCUT2D eigenvalue weighted by Gasteiger charge is -2.31. The molecular weight excluding hydrogens is 480 g/mol. The third kappa shape index (κ3) is 5.77. The second-order valence-corrected chi connectivity index (χ2v) is 10.7. The van der Waals surface area contributed by atoms with Crippen LogP contribution in [0.25, 0.3) is 5.52 Å². The number of hydrogen-bond acceptors (Lipinski definition) is 7. The molecule has 1 saturated heterocycles. The molecule has 0 radical (unpaired) electrons. The van der Waals surface area contributed by atoms with Gasteiger partial charge in [-0.1, -0.05) is 0 Å². The van der Waals surface area contributed by atoms with Crippen LogP contribution in [-0.2, 0) is 4.84 Å². The molecule has 0 saturated carbocycles. The zero-order valence-corrected chi connectivity index (χ0v) is 23.2. The van der Waals surface area contributed by atoms with Crippen molar-refractivity contribution < 1.29 is 14.4 Å². The number of ether oxygens (including phenoxy) is 1. The van der Waals surface area contributed by atoms with E-state index in [0.29, 0.717) is 58.7 Å². The van der Waals surface area contributed by atoms with Crippen molar-refractivity contribution in [1.29, 1.82) is 5.26 Å². The molecule has 0 aliphatic carbocycles. The highest BCUT2D eigenvalue weighted by Crippen LogP contribution is 2.35. The van der Waals surface area contributed by atoms with Gasteiger partial charge in [0.25, 0.3) is 5.91 Å². The van der Waals surface area contributed by atoms with Crippen LogP contribution in [0.4, 0.5) is 11.5 Å². The molecule has 9 nitrogen and oxygen atoms in total. The van der Waals surface area contributed by atoms with Crippen molar-refractivity contribution in [1.82, 2.24) is 14.5 Å². The molecule has 1 aliphatic rings. The summed E-state index contributed by atoms with van der Waals surface area (Å²) in [5.41, 5.74) is 2.27. The Morgan fingerprint density at radius 2 is 2.00 bits per heavy atom. The third-order valence-electron chi connectivity index (χ3n) is 6.78. The molecule has 38 heavy (non-hydrogen) atoms. The van der Waals surface area contributed by atoms with Gasteiger partial charge in [-0.3, -0.25) is 9.63 Å². The molecule has 4 rings (SSSR count). The lowest BCUT2D eigenvalue weighted by molar-refractivity contribution is -0.0172. The van der Waals surface area contributed by atoms with E-state index in [1.54, 1.807) is 41.0 Å². The molecule has 1 N–H and O–H groups in total. The van der Waals surface area contributed by atoms with Crippen molar-refractivity contribution in [2.45, 2.75) is 65.5 Å². The van der Waals surface area contributed by atoms with E-state index in [1.165, 1.54) is 17.9 Å². The molecule has 2 aromatic heterocycles. The van der Waals surface area contributed by atoms with Gasteiger partial charge in [0.15, 0.2) is 5.82 Å².